The molecule has 0 aromatic heterocycles. The lowest BCUT2D eigenvalue weighted by Gasteiger charge is -2.19. The summed E-state index contributed by atoms with van der Waals surface area (Å²) in [6.07, 6.45) is 0. The van der Waals surface area contributed by atoms with Crippen molar-refractivity contribution in [2.24, 2.45) is 0 Å². The fourth-order valence-electron chi connectivity index (χ4n) is 3.36. The van der Waals surface area contributed by atoms with E-state index in [2.05, 4.69) is 45.9 Å². The highest BCUT2D eigenvalue weighted by Gasteiger charge is 2.32. The molecule has 0 nitrogen and oxygen atoms in total. The van der Waals surface area contributed by atoms with Gasteiger partial charge < -0.3 is 0 Å². The Labute approximate surface area is 242 Å². The van der Waals surface area contributed by atoms with E-state index in [-0.39, 0.29) is 0 Å². The van der Waals surface area contributed by atoms with Crippen LogP contribution < -0.4 is 0 Å². The Hall–Kier alpha value is 0.260. The zero-order valence-corrected chi connectivity index (χ0v) is 25.0. The van der Waals surface area contributed by atoms with E-state index in [4.69, 9.17) is 23.2 Å². The molecule has 4 aliphatic rings. The quantitative estimate of drug-likeness (QED) is 0.325. The Balaban J connectivity index is 1.54. The summed E-state index contributed by atoms with van der Waals surface area (Å²) in [5.74, 6) is 0. The van der Waals surface area contributed by atoms with Crippen molar-refractivity contribution in [2.75, 3.05) is 0 Å². The molecule has 0 N–H and O–H groups in total. The Bertz CT molecular complexity index is 1200. The maximum absolute atomic E-state index is 6.30. The molecule has 10 heteroatoms. The monoisotopic (exact) mass is 626 g/mol. The van der Waals surface area contributed by atoms with Gasteiger partial charge in [0.05, 0.1) is 25.4 Å². The average molecular weight is 628 g/mol. The third kappa shape index (κ3) is 5.15. The van der Waals surface area contributed by atoms with Crippen molar-refractivity contribution in [3.63, 3.8) is 0 Å². The van der Waals surface area contributed by atoms with E-state index in [1.54, 1.807) is 0 Å². The largest absolute Gasteiger partial charge is 0.0884 e. The molecule has 0 saturated heterocycles. The minimum absolute atomic E-state index is 0.744. The van der Waals surface area contributed by atoms with Gasteiger partial charge in [0.1, 0.15) is 0 Å². The molecule has 0 atom stereocenters. The Morgan fingerprint density at radius 3 is 1.03 bits per heavy atom. The first-order valence-corrected chi connectivity index (χ1v) is 17.4. The second kappa shape index (κ2) is 10.9. The van der Waals surface area contributed by atoms with Crippen LogP contribution in [0.25, 0.3) is 11.1 Å². The van der Waals surface area contributed by atoms with Crippen molar-refractivity contribution in [3.05, 3.63) is 117 Å². The van der Waals surface area contributed by atoms with E-state index in [1.807, 2.05) is 118 Å². The van der Waals surface area contributed by atoms with Crippen molar-refractivity contribution >= 4 is 128 Å². The van der Waals surface area contributed by atoms with Gasteiger partial charge >= 0.3 is 0 Å². The number of halogens is 2. The smallest absolute Gasteiger partial charge is 0.0705 e. The van der Waals surface area contributed by atoms with E-state index in [0.717, 1.165) is 10.0 Å². The predicted octanol–water partition coefficient (Wildman–Crippen LogP) is 12.1. The minimum Gasteiger partial charge on any atom is -0.0884 e. The topological polar surface area (TPSA) is 0 Å². The first-order valence-electron chi connectivity index (χ1n) is 9.83. The molecule has 34 heavy (non-hydrogen) atoms. The lowest BCUT2D eigenvalue weighted by Crippen LogP contribution is -1.95. The molecule has 170 valence electrons. The Kier molecular flexibility index (Phi) is 7.91. The second-order valence-corrected chi connectivity index (χ2v) is 17.1. The minimum atomic E-state index is 0.744. The molecule has 0 fully saturated rings. The van der Waals surface area contributed by atoms with Crippen LogP contribution >= 0.6 is 117 Å². The lowest BCUT2D eigenvalue weighted by atomic mass is 9.95. The van der Waals surface area contributed by atoms with Crippen molar-refractivity contribution in [1.29, 1.82) is 0 Å². The Morgan fingerprint density at radius 1 is 0.441 bits per heavy atom. The summed E-state index contributed by atoms with van der Waals surface area (Å²) in [6.45, 7) is 0. The molecule has 2 aromatic rings. The van der Waals surface area contributed by atoms with Crippen molar-refractivity contribution in [1.82, 2.24) is 0 Å². The van der Waals surface area contributed by atoms with Crippen LogP contribution in [-0.4, -0.2) is 0 Å². The van der Waals surface area contributed by atoms with Crippen molar-refractivity contribution < 1.29 is 0 Å². The summed E-state index contributed by atoms with van der Waals surface area (Å²) >= 11 is 27.3. The van der Waals surface area contributed by atoms with E-state index in [1.165, 1.54) is 47.7 Å². The van der Waals surface area contributed by atoms with Gasteiger partial charge in [-0.3, -0.25) is 0 Å². The molecule has 0 saturated carbocycles. The number of thioether (sulfide) groups is 8. The van der Waals surface area contributed by atoms with Gasteiger partial charge in [0, 0.05) is 21.2 Å². The zero-order chi connectivity index (χ0) is 23.1. The summed E-state index contributed by atoms with van der Waals surface area (Å²) in [4.78, 5) is 0. The molecular formula is C24H12Cl2S8. The third-order valence-corrected chi connectivity index (χ3v) is 15.7. The normalized spacial score (nSPS) is 19.1. The van der Waals surface area contributed by atoms with Gasteiger partial charge in [-0.1, -0.05) is 142 Å². The van der Waals surface area contributed by atoms with Crippen LogP contribution in [0.2, 0.25) is 10.0 Å². The van der Waals surface area contributed by atoms with Crippen molar-refractivity contribution in [2.45, 2.75) is 0 Å². The van der Waals surface area contributed by atoms with E-state index in [9.17, 15) is 0 Å². The number of benzene rings is 2. The van der Waals surface area contributed by atoms with Gasteiger partial charge in [-0.05, 0) is 57.0 Å². The summed E-state index contributed by atoms with van der Waals surface area (Å²) < 4.78 is 8.05. The summed E-state index contributed by atoms with van der Waals surface area (Å²) in [5, 5.41) is 10.2. The van der Waals surface area contributed by atoms with E-state index >= 15 is 0 Å². The Morgan fingerprint density at radius 2 is 0.735 bits per heavy atom. The molecular weight excluding hydrogens is 616 g/mol. The van der Waals surface area contributed by atoms with Crippen LogP contribution in [-0.2, 0) is 0 Å². The van der Waals surface area contributed by atoms with Crippen LogP contribution in [0.3, 0.4) is 0 Å². The highest BCUT2D eigenvalue weighted by Crippen LogP contribution is 2.66. The molecule has 0 spiro atoms. The molecule has 0 unspecified atom stereocenters. The molecule has 4 heterocycles. The molecule has 2 aromatic carbocycles. The number of rotatable bonds is 3. The fourth-order valence-corrected chi connectivity index (χ4v) is 14.2. The predicted molar refractivity (Wildman–Crippen MR) is 170 cm³/mol. The van der Waals surface area contributed by atoms with Gasteiger partial charge in [0.25, 0.3) is 0 Å². The molecule has 0 radical (unpaired) electrons. The maximum Gasteiger partial charge on any atom is 0.0705 e. The standard InChI is InChI=1S/C24H12Cl2S8/c25-15-5-1-13(2-6-15)17(19-31-21-22(32-19)28-10-9-27-21)18(14-3-7-16(26)8-4-14)20-33-23-24(34-20)30-12-11-29-23/h1-12H. The van der Waals surface area contributed by atoms with Gasteiger partial charge in [-0.25, -0.2) is 0 Å². The van der Waals surface area contributed by atoms with E-state index in [0.29, 0.717) is 0 Å². The summed E-state index contributed by atoms with van der Waals surface area (Å²) in [6, 6.07) is 16.5. The maximum atomic E-state index is 6.30. The van der Waals surface area contributed by atoms with Crippen LogP contribution in [0.4, 0.5) is 0 Å². The van der Waals surface area contributed by atoms with E-state index < -0.39 is 0 Å². The van der Waals surface area contributed by atoms with Crippen molar-refractivity contribution in [3.8, 4) is 0 Å². The molecule has 0 aliphatic carbocycles. The number of hydrogen-bond donors (Lipinski definition) is 0. The third-order valence-electron chi connectivity index (χ3n) is 4.81. The molecule has 0 amide bonds. The lowest BCUT2D eigenvalue weighted by molar-refractivity contribution is 1.59. The first-order chi connectivity index (χ1) is 16.7. The molecule has 0 bridgehead atoms. The van der Waals surface area contributed by atoms with Gasteiger partial charge in [-0.15, -0.1) is 0 Å². The summed E-state index contributed by atoms with van der Waals surface area (Å²) in [7, 11) is 0. The second-order valence-electron chi connectivity index (χ2n) is 6.91. The average Bonchev–Trinajstić information content (AvgIpc) is 3.48. The first kappa shape index (κ1) is 24.6. The van der Waals surface area contributed by atoms with Gasteiger partial charge in [0.15, 0.2) is 0 Å². The SMILES string of the molecule is Clc1ccc(C(=C2SC3=C(SC=CS3)S2)C(=C2SC3=C(SC=CS3)S2)c2ccc(Cl)cc2)cc1. The fraction of sp³-hybridized carbons (Fsp3) is 0. The van der Waals surface area contributed by atoms with Crippen LogP contribution in [0.15, 0.2) is 95.6 Å². The zero-order valence-electron chi connectivity index (χ0n) is 17.0. The molecule has 4 aliphatic heterocycles. The van der Waals surface area contributed by atoms with Gasteiger partial charge in [0.2, 0.25) is 0 Å². The van der Waals surface area contributed by atoms with Crippen LogP contribution in [0.1, 0.15) is 11.1 Å². The highest BCUT2D eigenvalue weighted by atomic mass is 35.5. The highest BCUT2D eigenvalue weighted by molar-refractivity contribution is 8.43. The van der Waals surface area contributed by atoms with Crippen LogP contribution in [0, 0.1) is 0 Å². The summed E-state index contributed by atoms with van der Waals surface area (Å²) in [5.41, 5.74) is 4.85. The van der Waals surface area contributed by atoms with Crippen LogP contribution in [0.5, 0.6) is 0 Å². The molecule has 6 rings (SSSR count). The number of hydrogen-bond acceptors (Lipinski definition) is 8. The van der Waals surface area contributed by atoms with Gasteiger partial charge in [-0.2, -0.15) is 0 Å². The number of allylic oxidation sites excluding steroid dienone is 2.